The molecule has 2 N–H and O–H groups in total. The van der Waals surface area contributed by atoms with Gasteiger partial charge in [-0.05, 0) is 25.6 Å². The largest absolute Gasteiger partial charge is 0.469 e. The van der Waals surface area contributed by atoms with Gasteiger partial charge in [-0.2, -0.15) is 0 Å². The van der Waals surface area contributed by atoms with E-state index < -0.39 is 0 Å². The molecule has 0 aliphatic rings. The summed E-state index contributed by atoms with van der Waals surface area (Å²) in [5.41, 5.74) is 6.93. The zero-order valence-electron chi connectivity index (χ0n) is 12.0. The van der Waals surface area contributed by atoms with Crippen LogP contribution in [0.2, 0.25) is 0 Å². The molecule has 0 amide bonds. The fraction of sp³-hybridized carbons (Fsp3) is 0.533. The molecule has 0 spiro atoms. The molecule has 0 radical (unpaired) electrons. The summed E-state index contributed by atoms with van der Waals surface area (Å²) >= 11 is 0. The van der Waals surface area contributed by atoms with Crippen LogP contribution in [0.3, 0.4) is 0 Å². The van der Waals surface area contributed by atoms with Gasteiger partial charge in [-0.15, -0.1) is 0 Å². The summed E-state index contributed by atoms with van der Waals surface area (Å²) in [5, 5.41) is 0. The summed E-state index contributed by atoms with van der Waals surface area (Å²) < 4.78 is 4.77. The number of carbonyl (C=O) groups is 1. The van der Waals surface area contributed by atoms with Gasteiger partial charge in [0.05, 0.1) is 13.0 Å². The molecule has 106 valence electrons. The van der Waals surface area contributed by atoms with Crippen LogP contribution in [0.15, 0.2) is 30.3 Å². The molecule has 0 aliphatic heterocycles. The second kappa shape index (κ2) is 7.92. The van der Waals surface area contributed by atoms with Crippen LogP contribution in [0.5, 0.6) is 0 Å². The Bertz CT molecular complexity index is 381. The van der Waals surface area contributed by atoms with Crippen molar-refractivity contribution < 1.29 is 9.53 Å². The lowest BCUT2D eigenvalue weighted by Crippen LogP contribution is -2.33. The quantitative estimate of drug-likeness (QED) is 0.763. The molecular weight excluding hydrogens is 240 g/mol. The molecule has 0 bridgehead atoms. The van der Waals surface area contributed by atoms with E-state index in [2.05, 4.69) is 17.0 Å². The van der Waals surface area contributed by atoms with Crippen molar-refractivity contribution in [3.8, 4) is 0 Å². The van der Waals surface area contributed by atoms with Gasteiger partial charge in [0.2, 0.25) is 0 Å². The van der Waals surface area contributed by atoms with Crippen LogP contribution in [0.1, 0.15) is 24.9 Å². The van der Waals surface area contributed by atoms with Crippen LogP contribution < -0.4 is 5.73 Å². The molecule has 2 atom stereocenters. The van der Waals surface area contributed by atoms with Gasteiger partial charge >= 0.3 is 5.97 Å². The number of hydrogen-bond donors (Lipinski definition) is 1. The normalized spacial score (nSPS) is 14.2. The Hall–Kier alpha value is -1.39. The maximum absolute atomic E-state index is 11.5. The average Bonchev–Trinajstić information content (AvgIpc) is 2.44. The lowest BCUT2D eigenvalue weighted by molar-refractivity contribution is -0.145. The predicted molar refractivity (Wildman–Crippen MR) is 76.7 cm³/mol. The van der Waals surface area contributed by atoms with Crippen molar-refractivity contribution in [2.45, 2.75) is 19.4 Å². The van der Waals surface area contributed by atoms with Gasteiger partial charge in [0.25, 0.3) is 0 Å². The first-order valence-electron chi connectivity index (χ1n) is 6.63. The van der Waals surface area contributed by atoms with Crippen molar-refractivity contribution in [3.05, 3.63) is 35.9 Å². The second-order valence-corrected chi connectivity index (χ2v) is 4.87. The smallest absolute Gasteiger partial charge is 0.309 e. The number of nitrogens with two attached hydrogens (primary N) is 1. The van der Waals surface area contributed by atoms with E-state index in [1.165, 1.54) is 12.7 Å². The highest BCUT2D eigenvalue weighted by Crippen LogP contribution is 2.23. The molecular formula is C15H24N2O2. The van der Waals surface area contributed by atoms with Gasteiger partial charge in [-0.25, -0.2) is 0 Å². The molecule has 0 saturated heterocycles. The van der Waals surface area contributed by atoms with Gasteiger partial charge in [-0.3, -0.25) is 9.69 Å². The summed E-state index contributed by atoms with van der Waals surface area (Å²) in [4.78, 5) is 13.7. The lowest BCUT2D eigenvalue weighted by atomic mass is 10.0. The van der Waals surface area contributed by atoms with E-state index in [4.69, 9.17) is 10.5 Å². The van der Waals surface area contributed by atoms with Gasteiger partial charge in [0.15, 0.2) is 0 Å². The van der Waals surface area contributed by atoms with Gasteiger partial charge < -0.3 is 10.5 Å². The minimum atomic E-state index is -0.175. The highest BCUT2D eigenvalue weighted by molar-refractivity contribution is 5.72. The van der Waals surface area contributed by atoms with E-state index in [1.54, 1.807) is 0 Å². The molecule has 1 rings (SSSR count). The fourth-order valence-corrected chi connectivity index (χ4v) is 2.31. The zero-order chi connectivity index (χ0) is 14.3. The molecule has 1 aromatic carbocycles. The summed E-state index contributed by atoms with van der Waals surface area (Å²) in [6.45, 7) is 3.16. The van der Waals surface area contributed by atoms with Crippen molar-refractivity contribution in [3.63, 3.8) is 0 Å². The first kappa shape index (κ1) is 15.7. The number of benzene rings is 1. The Balaban J connectivity index is 2.74. The lowest BCUT2D eigenvalue weighted by Gasteiger charge is -2.29. The molecule has 0 aliphatic carbocycles. The summed E-state index contributed by atoms with van der Waals surface area (Å²) in [5.74, 6) is -0.314. The number of carbonyl (C=O) groups excluding carboxylic acids is 1. The molecule has 0 saturated carbocycles. The maximum Gasteiger partial charge on any atom is 0.309 e. The fourth-order valence-electron chi connectivity index (χ4n) is 2.31. The topological polar surface area (TPSA) is 55.6 Å². The first-order chi connectivity index (χ1) is 9.10. The van der Waals surface area contributed by atoms with Crippen molar-refractivity contribution in [1.29, 1.82) is 0 Å². The van der Waals surface area contributed by atoms with Gasteiger partial charge in [0, 0.05) is 12.6 Å². The number of methoxy groups -OCH3 is 1. The Morgan fingerprint density at radius 3 is 2.53 bits per heavy atom. The third-order valence-corrected chi connectivity index (χ3v) is 3.32. The molecule has 2 unspecified atom stereocenters. The Morgan fingerprint density at radius 1 is 1.37 bits per heavy atom. The molecule has 4 heteroatoms. The van der Waals surface area contributed by atoms with E-state index in [1.807, 2.05) is 32.2 Å². The molecule has 4 nitrogen and oxygen atoms in total. The second-order valence-electron chi connectivity index (χ2n) is 4.87. The van der Waals surface area contributed by atoms with E-state index in [0.717, 1.165) is 6.42 Å². The third kappa shape index (κ3) is 4.65. The first-order valence-corrected chi connectivity index (χ1v) is 6.63. The minimum absolute atomic E-state index is 0.140. The standard InChI is InChI=1S/C15H24N2O2/c1-12(15(18)19-3)11-17(2)14(9-10-16)13-7-5-4-6-8-13/h4-8,12,14H,9-11,16H2,1-3H3. The zero-order valence-corrected chi connectivity index (χ0v) is 12.0. The van der Waals surface area contributed by atoms with Crippen molar-refractivity contribution in [2.75, 3.05) is 27.2 Å². The highest BCUT2D eigenvalue weighted by atomic mass is 16.5. The molecule has 0 aromatic heterocycles. The van der Waals surface area contributed by atoms with E-state index in [-0.39, 0.29) is 17.9 Å². The number of hydrogen-bond acceptors (Lipinski definition) is 4. The van der Waals surface area contributed by atoms with Crippen LogP contribution in [0.25, 0.3) is 0 Å². The molecule has 0 heterocycles. The number of ether oxygens (including phenoxy) is 1. The van der Waals surface area contributed by atoms with Crippen LogP contribution >= 0.6 is 0 Å². The van der Waals surface area contributed by atoms with E-state index in [0.29, 0.717) is 13.1 Å². The van der Waals surface area contributed by atoms with E-state index in [9.17, 15) is 4.79 Å². The van der Waals surface area contributed by atoms with Crippen molar-refractivity contribution in [2.24, 2.45) is 11.7 Å². The molecule has 0 fully saturated rings. The molecule has 19 heavy (non-hydrogen) atoms. The SMILES string of the molecule is COC(=O)C(C)CN(C)C(CCN)c1ccccc1. The van der Waals surface area contributed by atoms with Crippen LogP contribution in [-0.4, -0.2) is 38.1 Å². The Morgan fingerprint density at radius 2 is 2.00 bits per heavy atom. The molecule has 1 aromatic rings. The average molecular weight is 264 g/mol. The van der Waals surface area contributed by atoms with Gasteiger partial charge in [-0.1, -0.05) is 37.3 Å². The summed E-state index contributed by atoms with van der Waals surface area (Å²) in [6, 6.07) is 10.5. The minimum Gasteiger partial charge on any atom is -0.469 e. The predicted octanol–water partition coefficient (Wildman–Crippen LogP) is 1.82. The summed E-state index contributed by atoms with van der Waals surface area (Å²) in [6.07, 6.45) is 0.869. The van der Waals surface area contributed by atoms with Crippen LogP contribution in [0, 0.1) is 5.92 Å². The number of rotatable bonds is 7. The van der Waals surface area contributed by atoms with Crippen LogP contribution in [0.4, 0.5) is 0 Å². The van der Waals surface area contributed by atoms with Crippen LogP contribution in [-0.2, 0) is 9.53 Å². The van der Waals surface area contributed by atoms with Crippen molar-refractivity contribution in [1.82, 2.24) is 4.90 Å². The number of esters is 1. The van der Waals surface area contributed by atoms with Gasteiger partial charge in [0.1, 0.15) is 0 Å². The van der Waals surface area contributed by atoms with E-state index >= 15 is 0 Å². The summed E-state index contributed by atoms with van der Waals surface area (Å²) in [7, 11) is 3.44. The maximum atomic E-state index is 11.5. The van der Waals surface area contributed by atoms with Crippen molar-refractivity contribution >= 4 is 5.97 Å². The monoisotopic (exact) mass is 264 g/mol. The third-order valence-electron chi connectivity index (χ3n) is 3.32. The Kier molecular flexibility index (Phi) is 6.53. The number of nitrogens with zero attached hydrogens (tertiary/aromatic N) is 1. The highest BCUT2D eigenvalue weighted by Gasteiger charge is 2.21. The Labute approximate surface area is 115 Å².